The summed E-state index contributed by atoms with van der Waals surface area (Å²) in [6.07, 6.45) is 4.36. The molecule has 1 amide bonds. The molecule has 0 heterocycles. The van der Waals surface area contributed by atoms with Crippen molar-refractivity contribution in [2.75, 3.05) is 13.1 Å². The van der Waals surface area contributed by atoms with Crippen molar-refractivity contribution >= 4 is 11.9 Å². The van der Waals surface area contributed by atoms with Crippen molar-refractivity contribution in [3.63, 3.8) is 0 Å². The fourth-order valence-corrected chi connectivity index (χ4v) is 2.37. The Hall–Kier alpha value is -1.10. The molecule has 2 fully saturated rings. The normalized spacial score (nSPS) is 21.7. The number of hydrogen-bond donors (Lipinski definition) is 2. The predicted molar refractivity (Wildman–Crippen MR) is 62.6 cm³/mol. The lowest BCUT2D eigenvalue weighted by Gasteiger charge is -2.38. The smallest absolute Gasteiger partial charge is 0.323 e. The van der Waals surface area contributed by atoms with Crippen LogP contribution in [0.3, 0.4) is 0 Å². The summed E-state index contributed by atoms with van der Waals surface area (Å²) < 4.78 is 0. The quantitative estimate of drug-likeness (QED) is 0.713. The van der Waals surface area contributed by atoms with Crippen molar-refractivity contribution in [2.45, 2.75) is 50.6 Å². The first-order valence-corrected chi connectivity index (χ1v) is 6.37. The molecule has 5 heteroatoms. The van der Waals surface area contributed by atoms with Crippen LogP contribution in [0.25, 0.3) is 0 Å². The fraction of sp³-hybridized carbons (Fsp3) is 0.833. The summed E-state index contributed by atoms with van der Waals surface area (Å²) in [5, 5.41) is 12.1. The van der Waals surface area contributed by atoms with E-state index in [1.165, 1.54) is 0 Å². The minimum Gasteiger partial charge on any atom is -0.480 e. The maximum absolute atomic E-state index is 11.9. The van der Waals surface area contributed by atoms with Gasteiger partial charge in [-0.2, -0.15) is 0 Å². The first kappa shape index (κ1) is 12.4. The van der Waals surface area contributed by atoms with Gasteiger partial charge in [-0.25, -0.2) is 0 Å². The molecule has 0 aliphatic heterocycles. The lowest BCUT2D eigenvalue weighted by molar-refractivity contribution is -0.149. The Labute approximate surface area is 101 Å². The minimum absolute atomic E-state index is 0.0301. The Morgan fingerprint density at radius 1 is 1.41 bits per heavy atom. The Morgan fingerprint density at radius 2 is 2.06 bits per heavy atom. The third-order valence-corrected chi connectivity index (χ3v) is 3.84. The Kier molecular flexibility index (Phi) is 3.38. The van der Waals surface area contributed by atoms with Crippen molar-refractivity contribution in [3.8, 4) is 0 Å². The van der Waals surface area contributed by atoms with Gasteiger partial charge in [0, 0.05) is 12.6 Å². The van der Waals surface area contributed by atoms with Crippen molar-refractivity contribution < 1.29 is 14.7 Å². The summed E-state index contributed by atoms with van der Waals surface area (Å²) in [6, 6.07) is 0.400. The highest BCUT2D eigenvalue weighted by Gasteiger charge is 2.44. The van der Waals surface area contributed by atoms with E-state index < -0.39 is 11.5 Å². The van der Waals surface area contributed by atoms with Crippen LogP contribution in [0.15, 0.2) is 0 Å². The number of rotatable bonds is 6. The average molecular weight is 240 g/mol. The molecule has 5 nitrogen and oxygen atoms in total. The monoisotopic (exact) mass is 240 g/mol. The molecule has 17 heavy (non-hydrogen) atoms. The van der Waals surface area contributed by atoms with Crippen molar-refractivity contribution in [1.82, 2.24) is 10.2 Å². The van der Waals surface area contributed by atoms with Gasteiger partial charge in [0.05, 0.1) is 6.54 Å². The molecule has 0 saturated heterocycles. The summed E-state index contributed by atoms with van der Waals surface area (Å²) in [6.45, 7) is 2.83. The van der Waals surface area contributed by atoms with Gasteiger partial charge in [-0.15, -0.1) is 0 Å². The zero-order valence-corrected chi connectivity index (χ0v) is 10.2. The van der Waals surface area contributed by atoms with Crippen molar-refractivity contribution in [3.05, 3.63) is 0 Å². The largest absolute Gasteiger partial charge is 0.480 e. The van der Waals surface area contributed by atoms with Crippen LogP contribution >= 0.6 is 0 Å². The zero-order chi connectivity index (χ0) is 12.5. The number of hydrogen-bond acceptors (Lipinski definition) is 3. The molecule has 0 spiro atoms. The highest BCUT2D eigenvalue weighted by molar-refractivity contribution is 5.83. The number of aliphatic carboxylic acids is 1. The van der Waals surface area contributed by atoms with Crippen molar-refractivity contribution in [1.29, 1.82) is 0 Å². The lowest BCUT2D eigenvalue weighted by Crippen LogP contribution is -2.59. The molecule has 0 bridgehead atoms. The lowest BCUT2D eigenvalue weighted by atomic mass is 9.77. The standard InChI is InChI=1S/C12H20N2O3/c1-2-14(9-4-5-9)10(15)8-13-12(11(16)17)6-3-7-12/h9,13H,2-8H2,1H3,(H,16,17). The molecule has 2 aliphatic carbocycles. The maximum Gasteiger partial charge on any atom is 0.323 e. The van der Waals surface area contributed by atoms with Crippen LogP contribution in [0, 0.1) is 0 Å². The van der Waals surface area contributed by atoms with E-state index in [9.17, 15) is 9.59 Å². The number of carboxylic acid groups (broad SMARTS) is 1. The van der Waals surface area contributed by atoms with E-state index in [1.807, 2.05) is 11.8 Å². The third-order valence-electron chi connectivity index (χ3n) is 3.84. The molecule has 0 aromatic heterocycles. The second-order valence-corrected chi connectivity index (χ2v) is 5.01. The fourth-order valence-electron chi connectivity index (χ4n) is 2.37. The highest BCUT2D eigenvalue weighted by Crippen LogP contribution is 2.32. The van der Waals surface area contributed by atoms with Crippen LogP contribution in [0.2, 0.25) is 0 Å². The van der Waals surface area contributed by atoms with E-state index in [0.29, 0.717) is 25.4 Å². The SMILES string of the molecule is CCN(C(=O)CNC1(C(=O)O)CCC1)C1CC1. The first-order valence-electron chi connectivity index (χ1n) is 6.37. The van der Waals surface area contributed by atoms with Gasteiger partial charge in [-0.05, 0) is 39.0 Å². The maximum atomic E-state index is 11.9. The highest BCUT2D eigenvalue weighted by atomic mass is 16.4. The molecule has 2 saturated carbocycles. The Morgan fingerprint density at radius 3 is 2.41 bits per heavy atom. The number of carbonyl (C=O) groups excluding carboxylic acids is 1. The number of amides is 1. The number of carbonyl (C=O) groups is 2. The molecule has 2 N–H and O–H groups in total. The van der Waals surface area contributed by atoms with E-state index in [4.69, 9.17) is 5.11 Å². The number of likely N-dealkylation sites (N-methyl/N-ethyl adjacent to an activating group) is 1. The van der Waals surface area contributed by atoms with Gasteiger partial charge in [0.25, 0.3) is 0 Å². The number of nitrogens with zero attached hydrogens (tertiary/aromatic N) is 1. The Bertz CT molecular complexity index is 322. The van der Waals surface area contributed by atoms with Gasteiger partial charge < -0.3 is 10.0 Å². The molecule has 2 aliphatic rings. The van der Waals surface area contributed by atoms with E-state index >= 15 is 0 Å². The van der Waals surface area contributed by atoms with E-state index in [0.717, 1.165) is 19.3 Å². The van der Waals surface area contributed by atoms with Gasteiger partial charge in [-0.1, -0.05) is 0 Å². The summed E-state index contributed by atoms with van der Waals surface area (Å²) in [4.78, 5) is 24.9. The zero-order valence-electron chi connectivity index (χ0n) is 10.2. The summed E-state index contributed by atoms with van der Waals surface area (Å²) in [5.41, 5.74) is -0.835. The van der Waals surface area contributed by atoms with Gasteiger partial charge in [0.15, 0.2) is 0 Å². The molecule has 0 aromatic carbocycles. The van der Waals surface area contributed by atoms with Crippen LogP contribution < -0.4 is 5.32 Å². The first-order chi connectivity index (χ1) is 8.09. The van der Waals surface area contributed by atoms with Gasteiger partial charge in [-0.3, -0.25) is 14.9 Å². The summed E-state index contributed by atoms with van der Waals surface area (Å²) >= 11 is 0. The van der Waals surface area contributed by atoms with Crippen LogP contribution in [-0.2, 0) is 9.59 Å². The van der Waals surface area contributed by atoms with E-state index in [-0.39, 0.29) is 12.5 Å². The summed E-state index contributed by atoms with van der Waals surface area (Å²) in [5.74, 6) is -0.798. The molecular formula is C12H20N2O3. The molecule has 2 rings (SSSR count). The molecule has 0 atom stereocenters. The summed E-state index contributed by atoms with van der Waals surface area (Å²) in [7, 11) is 0. The van der Waals surface area contributed by atoms with Crippen LogP contribution in [-0.4, -0.2) is 46.6 Å². The van der Waals surface area contributed by atoms with E-state index in [2.05, 4.69) is 5.32 Å². The van der Waals surface area contributed by atoms with Crippen LogP contribution in [0.4, 0.5) is 0 Å². The number of nitrogens with one attached hydrogen (secondary N) is 1. The van der Waals surface area contributed by atoms with E-state index in [1.54, 1.807) is 0 Å². The molecule has 96 valence electrons. The van der Waals surface area contributed by atoms with Crippen LogP contribution in [0.5, 0.6) is 0 Å². The van der Waals surface area contributed by atoms with Crippen molar-refractivity contribution in [2.24, 2.45) is 0 Å². The average Bonchev–Trinajstić information content (AvgIpc) is 3.00. The second kappa shape index (κ2) is 4.64. The van der Waals surface area contributed by atoms with Gasteiger partial charge in [0.1, 0.15) is 5.54 Å². The topological polar surface area (TPSA) is 69.6 Å². The second-order valence-electron chi connectivity index (χ2n) is 5.01. The molecule has 0 unspecified atom stereocenters. The molecule has 0 aromatic rings. The predicted octanol–water partition coefficient (Wildman–Crippen LogP) is 0.594. The molecule has 0 radical (unpaired) electrons. The van der Waals surface area contributed by atoms with Gasteiger partial charge in [0.2, 0.25) is 5.91 Å². The molecular weight excluding hydrogens is 220 g/mol. The van der Waals surface area contributed by atoms with Crippen LogP contribution in [0.1, 0.15) is 39.0 Å². The van der Waals surface area contributed by atoms with Gasteiger partial charge >= 0.3 is 5.97 Å². The number of carboxylic acids is 1. The Balaban J connectivity index is 1.84. The third kappa shape index (κ3) is 2.44. The minimum atomic E-state index is -0.835.